The number of benzene rings is 1. The number of nitrogens with one attached hydrogen (secondary N) is 2. The molecule has 0 spiro atoms. The second-order valence-corrected chi connectivity index (χ2v) is 5.20. The maximum atomic E-state index is 5.68. The van der Waals surface area contributed by atoms with E-state index in [0.717, 1.165) is 39.1 Å². The molecule has 0 aliphatic carbocycles. The van der Waals surface area contributed by atoms with Crippen LogP contribution in [0.1, 0.15) is 36.1 Å². The van der Waals surface area contributed by atoms with Crippen LogP contribution in [-0.4, -0.2) is 33.5 Å². The third kappa shape index (κ3) is 4.28. The first-order valence-electron chi connectivity index (χ1n) is 7.47. The van der Waals surface area contributed by atoms with Gasteiger partial charge in [0.15, 0.2) is 0 Å². The monoisotopic (exact) mass is 278 g/mol. The van der Waals surface area contributed by atoms with Crippen molar-refractivity contribution in [2.24, 2.45) is 0 Å². The van der Waals surface area contributed by atoms with Crippen molar-refractivity contribution in [3.05, 3.63) is 34.9 Å². The zero-order chi connectivity index (χ0) is 14.2. The fraction of sp³-hybridized carbons (Fsp3) is 0.625. The zero-order valence-electron chi connectivity index (χ0n) is 12.6. The molecule has 20 heavy (non-hydrogen) atoms. The van der Waals surface area contributed by atoms with Crippen molar-refractivity contribution in [1.82, 2.24) is 10.6 Å². The van der Waals surface area contributed by atoms with Crippen LogP contribution in [0.2, 0.25) is 0 Å². The van der Waals surface area contributed by atoms with Crippen LogP contribution >= 0.6 is 0 Å². The molecule has 4 nitrogen and oxygen atoms in total. The van der Waals surface area contributed by atoms with Crippen LogP contribution in [0.15, 0.2) is 18.2 Å². The van der Waals surface area contributed by atoms with E-state index in [4.69, 9.17) is 9.47 Å². The molecular formula is C16H26N2O2. The number of fused-ring (bicyclic) bond motifs is 1. The minimum absolute atomic E-state index is 0.327. The quantitative estimate of drug-likeness (QED) is 0.564. The Balaban J connectivity index is 1.84. The maximum Gasteiger partial charge on any atom is 0.0961 e. The summed E-state index contributed by atoms with van der Waals surface area (Å²) in [6, 6.07) is 7.08. The summed E-state index contributed by atoms with van der Waals surface area (Å²) in [7, 11) is 1.70. The molecular weight excluding hydrogens is 252 g/mol. The lowest BCUT2D eigenvalue weighted by atomic mass is 9.95. The molecule has 2 rings (SSSR count). The van der Waals surface area contributed by atoms with Gasteiger partial charge in [0.2, 0.25) is 0 Å². The lowest BCUT2D eigenvalue weighted by molar-refractivity contribution is 0.0820. The van der Waals surface area contributed by atoms with Gasteiger partial charge in [0.25, 0.3) is 0 Å². The topological polar surface area (TPSA) is 42.5 Å². The van der Waals surface area contributed by atoms with Crippen molar-refractivity contribution in [1.29, 1.82) is 0 Å². The van der Waals surface area contributed by atoms with Crippen molar-refractivity contribution in [2.45, 2.75) is 32.4 Å². The van der Waals surface area contributed by atoms with Gasteiger partial charge in [-0.1, -0.05) is 25.1 Å². The highest BCUT2D eigenvalue weighted by molar-refractivity contribution is 5.35. The minimum Gasteiger partial charge on any atom is -0.375 e. The summed E-state index contributed by atoms with van der Waals surface area (Å²) in [5.41, 5.74) is 4.14. The summed E-state index contributed by atoms with van der Waals surface area (Å²) in [5.74, 6) is 0. The predicted molar refractivity (Wildman–Crippen MR) is 80.7 cm³/mol. The zero-order valence-corrected chi connectivity index (χ0v) is 12.6. The van der Waals surface area contributed by atoms with Gasteiger partial charge in [-0.15, -0.1) is 0 Å². The van der Waals surface area contributed by atoms with Crippen LogP contribution in [0, 0.1) is 0 Å². The first-order chi connectivity index (χ1) is 9.85. The van der Waals surface area contributed by atoms with Crippen LogP contribution in [0.25, 0.3) is 0 Å². The molecule has 0 aromatic heterocycles. The van der Waals surface area contributed by atoms with E-state index >= 15 is 0 Å². The van der Waals surface area contributed by atoms with Gasteiger partial charge in [-0.05, 0) is 42.6 Å². The molecule has 0 saturated heterocycles. The maximum absolute atomic E-state index is 5.68. The number of ether oxygens (including phenoxy) is 2. The molecule has 1 heterocycles. The van der Waals surface area contributed by atoms with E-state index in [9.17, 15) is 0 Å². The van der Waals surface area contributed by atoms with Crippen molar-refractivity contribution in [3.63, 3.8) is 0 Å². The first kappa shape index (κ1) is 15.4. The normalized spacial score (nSPS) is 18.0. The van der Waals surface area contributed by atoms with Gasteiger partial charge >= 0.3 is 0 Å². The van der Waals surface area contributed by atoms with Crippen molar-refractivity contribution < 1.29 is 9.47 Å². The second kappa shape index (κ2) is 8.37. The fourth-order valence-electron chi connectivity index (χ4n) is 2.53. The highest BCUT2D eigenvalue weighted by atomic mass is 16.5. The molecule has 0 radical (unpaired) electrons. The lowest BCUT2D eigenvalue weighted by Gasteiger charge is -2.27. The lowest BCUT2D eigenvalue weighted by Crippen LogP contribution is -2.32. The fourth-order valence-corrected chi connectivity index (χ4v) is 2.53. The Morgan fingerprint density at radius 2 is 2.25 bits per heavy atom. The largest absolute Gasteiger partial charge is 0.375 e. The summed E-state index contributed by atoms with van der Waals surface area (Å²) in [6.45, 7) is 6.29. The molecule has 0 saturated carbocycles. The van der Waals surface area contributed by atoms with E-state index in [2.05, 4.69) is 35.8 Å². The summed E-state index contributed by atoms with van der Waals surface area (Å²) in [5, 5.41) is 6.82. The highest BCUT2D eigenvalue weighted by Gasteiger charge is 2.20. The van der Waals surface area contributed by atoms with Gasteiger partial charge in [-0.25, -0.2) is 0 Å². The van der Waals surface area contributed by atoms with Crippen LogP contribution < -0.4 is 10.6 Å². The van der Waals surface area contributed by atoms with Gasteiger partial charge in [0.05, 0.1) is 26.0 Å². The Bertz CT molecular complexity index is 409. The average molecular weight is 278 g/mol. The molecule has 0 bridgehead atoms. The van der Waals surface area contributed by atoms with E-state index < -0.39 is 0 Å². The van der Waals surface area contributed by atoms with E-state index in [-0.39, 0.29) is 0 Å². The van der Waals surface area contributed by atoms with Crippen LogP contribution in [-0.2, 0) is 22.5 Å². The van der Waals surface area contributed by atoms with E-state index in [1.165, 1.54) is 16.7 Å². The Morgan fingerprint density at radius 3 is 3.05 bits per heavy atom. The van der Waals surface area contributed by atoms with Crippen LogP contribution in [0.5, 0.6) is 0 Å². The Morgan fingerprint density at radius 1 is 1.35 bits per heavy atom. The molecule has 4 heteroatoms. The summed E-state index contributed by atoms with van der Waals surface area (Å²) < 4.78 is 10.6. The molecule has 2 N–H and O–H groups in total. The van der Waals surface area contributed by atoms with Crippen molar-refractivity contribution >= 4 is 0 Å². The first-order valence-corrected chi connectivity index (χ1v) is 7.47. The molecule has 1 aliphatic heterocycles. The Labute approximate surface area is 121 Å². The van der Waals surface area contributed by atoms with E-state index in [1.807, 2.05) is 0 Å². The standard InChI is InChI=1S/C16H26N2O2/c1-3-13-5-6-14-10-20-11-16(15(14)9-13)18-8-4-7-17-12-19-2/h5-6,9,16-18H,3-4,7-8,10-12H2,1-2H3. The third-order valence-electron chi connectivity index (χ3n) is 3.70. The SMILES string of the molecule is CCc1ccc2c(c1)C(NCCCNCOC)COC2. The Hall–Kier alpha value is -0.940. The van der Waals surface area contributed by atoms with Gasteiger partial charge in [-0.2, -0.15) is 0 Å². The molecule has 1 aromatic carbocycles. The van der Waals surface area contributed by atoms with E-state index in [1.54, 1.807) is 7.11 Å². The van der Waals surface area contributed by atoms with Gasteiger partial charge in [0, 0.05) is 7.11 Å². The third-order valence-corrected chi connectivity index (χ3v) is 3.70. The van der Waals surface area contributed by atoms with Gasteiger partial charge in [0.1, 0.15) is 0 Å². The average Bonchev–Trinajstić information content (AvgIpc) is 2.50. The molecule has 0 fully saturated rings. The number of hydrogen-bond donors (Lipinski definition) is 2. The molecule has 1 unspecified atom stereocenters. The summed E-state index contributed by atoms with van der Waals surface area (Å²) >= 11 is 0. The van der Waals surface area contributed by atoms with Crippen molar-refractivity contribution in [2.75, 3.05) is 33.5 Å². The summed E-state index contributed by atoms with van der Waals surface area (Å²) in [6.07, 6.45) is 2.17. The highest BCUT2D eigenvalue weighted by Crippen LogP contribution is 2.26. The number of aryl methyl sites for hydroxylation is 1. The molecule has 1 aliphatic rings. The predicted octanol–water partition coefficient (Wildman–Crippen LogP) is 1.99. The van der Waals surface area contributed by atoms with Crippen LogP contribution in [0.3, 0.4) is 0 Å². The van der Waals surface area contributed by atoms with Crippen LogP contribution in [0.4, 0.5) is 0 Å². The molecule has 112 valence electrons. The number of hydrogen-bond acceptors (Lipinski definition) is 4. The van der Waals surface area contributed by atoms with Gasteiger partial charge in [-0.3, -0.25) is 5.32 Å². The number of methoxy groups -OCH3 is 1. The number of rotatable bonds is 8. The second-order valence-electron chi connectivity index (χ2n) is 5.20. The molecule has 1 aromatic rings. The van der Waals surface area contributed by atoms with E-state index in [0.29, 0.717) is 12.8 Å². The smallest absolute Gasteiger partial charge is 0.0961 e. The Kier molecular flexibility index (Phi) is 6.47. The summed E-state index contributed by atoms with van der Waals surface area (Å²) in [4.78, 5) is 0. The van der Waals surface area contributed by atoms with Crippen molar-refractivity contribution in [3.8, 4) is 0 Å². The molecule has 1 atom stereocenters. The van der Waals surface area contributed by atoms with Gasteiger partial charge < -0.3 is 14.8 Å². The molecule has 0 amide bonds. The minimum atomic E-state index is 0.327.